The maximum absolute atomic E-state index is 11.3. The highest BCUT2D eigenvalue weighted by Gasteiger charge is 2.15. The van der Waals surface area contributed by atoms with Gasteiger partial charge in [-0.15, -0.1) is 11.3 Å². The average Bonchev–Trinajstić information content (AvgIpc) is 3.10. The lowest BCUT2D eigenvalue weighted by atomic mass is 9.99. The number of pyridine rings is 1. The van der Waals surface area contributed by atoms with Crippen molar-refractivity contribution in [1.82, 2.24) is 4.98 Å². The van der Waals surface area contributed by atoms with Gasteiger partial charge in [-0.2, -0.15) is 0 Å². The number of thiophene rings is 1. The summed E-state index contributed by atoms with van der Waals surface area (Å²) in [6.45, 7) is 0. The number of hydrogen-bond donors (Lipinski definition) is 2. The Morgan fingerprint density at radius 1 is 0.960 bits per heavy atom. The zero-order valence-corrected chi connectivity index (χ0v) is 14.0. The molecule has 4 rings (SSSR count). The summed E-state index contributed by atoms with van der Waals surface area (Å²) in [5.74, 6) is -0.605. The first-order valence-electron chi connectivity index (χ1n) is 7.70. The number of aromatic carboxylic acids is 1. The Kier molecular flexibility index (Phi) is 3.71. The lowest BCUT2D eigenvalue weighted by Crippen LogP contribution is -1.92. The number of nitrogen functional groups attached to an aromatic ring is 1. The molecule has 2 aromatic heterocycles. The van der Waals surface area contributed by atoms with Gasteiger partial charge in [0.05, 0.1) is 0 Å². The van der Waals surface area contributed by atoms with E-state index in [4.69, 9.17) is 5.73 Å². The second-order valence-electron chi connectivity index (χ2n) is 5.66. The van der Waals surface area contributed by atoms with E-state index in [2.05, 4.69) is 29.2 Å². The molecule has 0 aliphatic heterocycles. The Balaban J connectivity index is 1.91. The molecule has 4 nitrogen and oxygen atoms in total. The smallest absolute Gasteiger partial charge is 0.345 e. The van der Waals surface area contributed by atoms with E-state index in [1.54, 1.807) is 12.3 Å². The van der Waals surface area contributed by atoms with Crippen molar-refractivity contribution in [3.05, 3.63) is 71.7 Å². The van der Waals surface area contributed by atoms with Crippen LogP contribution in [0.25, 0.3) is 32.3 Å². The maximum Gasteiger partial charge on any atom is 0.345 e. The first kappa shape index (κ1) is 15.4. The Morgan fingerprint density at radius 3 is 2.44 bits per heavy atom. The summed E-state index contributed by atoms with van der Waals surface area (Å²) in [7, 11) is 0. The number of aromatic nitrogens is 1. The Labute approximate surface area is 148 Å². The van der Waals surface area contributed by atoms with E-state index in [1.807, 2.05) is 30.3 Å². The Morgan fingerprint density at radius 2 is 1.68 bits per heavy atom. The van der Waals surface area contributed by atoms with Crippen LogP contribution in [-0.2, 0) is 0 Å². The number of nitrogens with zero attached hydrogens (tertiary/aromatic N) is 1. The summed E-state index contributed by atoms with van der Waals surface area (Å²) in [6.07, 6.45) is 1.71. The third kappa shape index (κ3) is 2.75. The molecule has 122 valence electrons. The average molecular weight is 346 g/mol. The third-order valence-electron chi connectivity index (χ3n) is 4.08. The molecule has 0 spiro atoms. The second-order valence-corrected chi connectivity index (χ2v) is 6.71. The standard InChI is InChI=1S/C20H14N2O2S/c21-19-15-10-17(20(23)24)25-18(15)16(11-22-19)14-8-4-7-13(9-14)12-5-2-1-3-6-12/h1-11H,(H2,21,22)(H,23,24). The van der Waals surface area contributed by atoms with E-state index in [0.29, 0.717) is 11.2 Å². The third-order valence-corrected chi connectivity index (χ3v) is 5.23. The molecule has 0 saturated heterocycles. The Hall–Kier alpha value is -3.18. The van der Waals surface area contributed by atoms with Crippen molar-refractivity contribution in [2.45, 2.75) is 0 Å². The van der Waals surface area contributed by atoms with Crippen LogP contribution in [0.1, 0.15) is 9.67 Å². The minimum Gasteiger partial charge on any atom is -0.477 e. The highest BCUT2D eigenvalue weighted by Crippen LogP contribution is 2.37. The van der Waals surface area contributed by atoms with Gasteiger partial charge in [0, 0.05) is 21.8 Å². The molecule has 2 heterocycles. The van der Waals surface area contributed by atoms with Crippen molar-refractivity contribution >= 4 is 33.2 Å². The lowest BCUT2D eigenvalue weighted by molar-refractivity contribution is 0.0702. The van der Waals surface area contributed by atoms with Crippen LogP contribution in [0.15, 0.2) is 66.9 Å². The maximum atomic E-state index is 11.3. The SMILES string of the molecule is Nc1ncc(-c2cccc(-c3ccccc3)c2)c2sc(C(=O)O)cc12. The molecule has 0 amide bonds. The zero-order chi connectivity index (χ0) is 17.4. The highest BCUT2D eigenvalue weighted by molar-refractivity contribution is 7.21. The van der Waals surface area contributed by atoms with Crippen LogP contribution in [0.4, 0.5) is 5.82 Å². The van der Waals surface area contributed by atoms with Crippen LogP contribution in [0.2, 0.25) is 0 Å². The molecule has 3 N–H and O–H groups in total. The molecule has 5 heteroatoms. The highest BCUT2D eigenvalue weighted by atomic mass is 32.1. The van der Waals surface area contributed by atoms with E-state index >= 15 is 0 Å². The molecule has 2 aromatic carbocycles. The molecule has 0 radical (unpaired) electrons. The largest absolute Gasteiger partial charge is 0.477 e. The summed E-state index contributed by atoms with van der Waals surface area (Å²) in [6, 6.07) is 19.8. The first-order chi connectivity index (χ1) is 12.1. The molecule has 4 aromatic rings. The van der Waals surface area contributed by atoms with Gasteiger partial charge in [0.1, 0.15) is 10.7 Å². The molecule has 0 aliphatic carbocycles. The number of carboxylic acids is 1. The number of rotatable bonds is 3. The van der Waals surface area contributed by atoms with Crippen molar-refractivity contribution in [2.24, 2.45) is 0 Å². The predicted molar refractivity (Wildman–Crippen MR) is 102 cm³/mol. The van der Waals surface area contributed by atoms with Crippen molar-refractivity contribution < 1.29 is 9.90 Å². The fourth-order valence-corrected chi connectivity index (χ4v) is 3.89. The summed E-state index contributed by atoms with van der Waals surface area (Å²) in [5.41, 5.74) is 10.0. The number of nitrogens with two attached hydrogens (primary N) is 1. The number of fused-ring (bicyclic) bond motifs is 1. The fraction of sp³-hybridized carbons (Fsp3) is 0. The van der Waals surface area contributed by atoms with Crippen LogP contribution in [-0.4, -0.2) is 16.1 Å². The van der Waals surface area contributed by atoms with Gasteiger partial charge in [0.15, 0.2) is 0 Å². The van der Waals surface area contributed by atoms with Gasteiger partial charge in [-0.3, -0.25) is 0 Å². The lowest BCUT2D eigenvalue weighted by Gasteiger charge is -2.07. The van der Waals surface area contributed by atoms with Crippen LogP contribution in [0.5, 0.6) is 0 Å². The Bertz CT molecular complexity index is 1090. The quantitative estimate of drug-likeness (QED) is 0.552. The molecule has 0 aliphatic rings. The van der Waals surface area contributed by atoms with Gasteiger partial charge >= 0.3 is 5.97 Å². The minimum atomic E-state index is -0.954. The van der Waals surface area contributed by atoms with E-state index in [1.165, 1.54) is 11.3 Å². The van der Waals surface area contributed by atoms with Crippen LogP contribution in [0, 0.1) is 0 Å². The topological polar surface area (TPSA) is 76.2 Å². The molecule has 0 saturated carbocycles. The van der Waals surface area contributed by atoms with E-state index in [-0.39, 0.29) is 4.88 Å². The number of carboxylic acid groups (broad SMARTS) is 1. The summed E-state index contributed by atoms with van der Waals surface area (Å²) < 4.78 is 0.843. The molecule has 0 unspecified atom stereocenters. The molecule has 0 bridgehead atoms. The van der Waals surface area contributed by atoms with Gasteiger partial charge in [0.25, 0.3) is 0 Å². The predicted octanol–water partition coefficient (Wildman–Crippen LogP) is 4.91. The molecule has 0 atom stereocenters. The minimum absolute atomic E-state index is 0.259. The van der Waals surface area contributed by atoms with Crippen LogP contribution in [0.3, 0.4) is 0 Å². The van der Waals surface area contributed by atoms with Crippen molar-refractivity contribution in [2.75, 3.05) is 5.73 Å². The number of carbonyl (C=O) groups is 1. The summed E-state index contributed by atoms with van der Waals surface area (Å²) in [4.78, 5) is 15.8. The van der Waals surface area contributed by atoms with Crippen LogP contribution < -0.4 is 5.73 Å². The first-order valence-corrected chi connectivity index (χ1v) is 8.52. The fourth-order valence-electron chi connectivity index (χ4n) is 2.85. The van der Waals surface area contributed by atoms with Gasteiger partial charge in [0.2, 0.25) is 0 Å². The van der Waals surface area contributed by atoms with Gasteiger partial charge in [-0.25, -0.2) is 9.78 Å². The summed E-state index contributed by atoms with van der Waals surface area (Å²) >= 11 is 1.22. The van der Waals surface area contributed by atoms with E-state index in [0.717, 1.165) is 27.0 Å². The molecule has 0 fully saturated rings. The monoisotopic (exact) mass is 346 g/mol. The van der Waals surface area contributed by atoms with E-state index < -0.39 is 5.97 Å². The van der Waals surface area contributed by atoms with Crippen molar-refractivity contribution in [1.29, 1.82) is 0 Å². The zero-order valence-electron chi connectivity index (χ0n) is 13.1. The van der Waals surface area contributed by atoms with Crippen LogP contribution >= 0.6 is 11.3 Å². The van der Waals surface area contributed by atoms with Gasteiger partial charge in [-0.1, -0.05) is 48.5 Å². The number of anilines is 1. The normalized spacial score (nSPS) is 10.9. The van der Waals surface area contributed by atoms with Crippen molar-refractivity contribution in [3.8, 4) is 22.3 Å². The second kappa shape index (κ2) is 6.03. The van der Waals surface area contributed by atoms with Gasteiger partial charge < -0.3 is 10.8 Å². The molecular weight excluding hydrogens is 332 g/mol. The number of hydrogen-bond acceptors (Lipinski definition) is 4. The number of benzene rings is 2. The van der Waals surface area contributed by atoms with Gasteiger partial charge in [-0.05, 0) is 28.8 Å². The summed E-state index contributed by atoms with van der Waals surface area (Å²) in [5, 5.41) is 9.97. The van der Waals surface area contributed by atoms with Crippen molar-refractivity contribution in [3.63, 3.8) is 0 Å². The molecular formula is C20H14N2O2S. The molecule has 25 heavy (non-hydrogen) atoms. The van der Waals surface area contributed by atoms with E-state index in [9.17, 15) is 9.90 Å².